The predicted octanol–water partition coefficient (Wildman–Crippen LogP) is 3.39. The van der Waals surface area contributed by atoms with Gasteiger partial charge in [0.2, 0.25) is 0 Å². The van der Waals surface area contributed by atoms with E-state index in [2.05, 4.69) is 12.2 Å². The molecule has 2 N–H and O–H groups in total. The molecule has 0 aliphatic carbocycles. The van der Waals surface area contributed by atoms with Crippen molar-refractivity contribution in [2.24, 2.45) is 0 Å². The monoisotopic (exact) mass is 275 g/mol. The molecule has 1 aromatic carbocycles. The molecule has 0 saturated carbocycles. The molecule has 0 atom stereocenters. The van der Waals surface area contributed by atoms with Crippen molar-refractivity contribution in [1.29, 1.82) is 0 Å². The summed E-state index contributed by atoms with van der Waals surface area (Å²) in [6.45, 7) is 5.08. The van der Waals surface area contributed by atoms with Crippen LogP contribution in [0.15, 0.2) is 35.4 Å². The van der Waals surface area contributed by atoms with E-state index in [4.69, 9.17) is 5.11 Å². The molecule has 0 saturated heterocycles. The lowest BCUT2D eigenvalue weighted by Crippen LogP contribution is -2.16. The van der Waals surface area contributed by atoms with Crippen molar-refractivity contribution in [3.63, 3.8) is 0 Å². The first kappa shape index (κ1) is 16.0. The predicted molar refractivity (Wildman–Crippen MR) is 79.7 cm³/mol. The largest absolute Gasteiger partial charge is 0.478 e. The van der Waals surface area contributed by atoms with Crippen LogP contribution in [0.2, 0.25) is 0 Å². The number of hydrogen-bond donors (Lipinski definition) is 2. The van der Waals surface area contributed by atoms with E-state index < -0.39 is 5.97 Å². The zero-order valence-electron chi connectivity index (χ0n) is 12.2. The Hall–Kier alpha value is -2.10. The van der Waals surface area contributed by atoms with Crippen molar-refractivity contribution in [3.8, 4) is 0 Å². The van der Waals surface area contributed by atoms with E-state index in [1.807, 2.05) is 24.3 Å². The highest BCUT2D eigenvalue weighted by Gasteiger charge is 2.12. The van der Waals surface area contributed by atoms with E-state index in [-0.39, 0.29) is 17.1 Å². The quantitative estimate of drug-likeness (QED) is 0.782. The molecule has 0 aromatic heterocycles. The van der Waals surface area contributed by atoms with E-state index in [9.17, 15) is 9.59 Å². The van der Waals surface area contributed by atoms with Gasteiger partial charge in [-0.05, 0) is 44.4 Å². The Morgan fingerprint density at radius 3 is 2.20 bits per heavy atom. The number of amides is 1. The highest BCUT2D eigenvalue weighted by Crippen LogP contribution is 2.14. The number of aliphatic carboxylic acids is 1. The number of carbonyl (C=O) groups is 2. The van der Waals surface area contributed by atoms with Crippen LogP contribution in [0.4, 0.5) is 5.69 Å². The van der Waals surface area contributed by atoms with Crippen LogP contribution in [0, 0.1) is 0 Å². The first-order valence-corrected chi connectivity index (χ1v) is 6.76. The summed E-state index contributed by atoms with van der Waals surface area (Å²) in [4.78, 5) is 22.7. The number of benzene rings is 1. The smallest absolute Gasteiger partial charge is 0.331 e. The van der Waals surface area contributed by atoms with Gasteiger partial charge in [0.25, 0.3) is 5.91 Å². The topological polar surface area (TPSA) is 66.4 Å². The molecule has 0 unspecified atom stereocenters. The number of anilines is 1. The molecule has 108 valence electrons. The maximum absolute atomic E-state index is 11.9. The Bertz CT molecular complexity index is 515. The van der Waals surface area contributed by atoms with Crippen molar-refractivity contribution >= 4 is 17.6 Å². The normalized spacial score (nSPS) is 11.8. The first-order chi connectivity index (χ1) is 9.45. The zero-order valence-corrected chi connectivity index (χ0v) is 12.2. The lowest BCUT2D eigenvalue weighted by Gasteiger charge is -2.08. The number of carboxylic acids is 1. The summed E-state index contributed by atoms with van der Waals surface area (Å²) < 4.78 is 0. The van der Waals surface area contributed by atoms with Crippen LogP contribution in [-0.2, 0) is 16.0 Å². The van der Waals surface area contributed by atoms with Gasteiger partial charge in [-0.15, -0.1) is 0 Å². The first-order valence-electron chi connectivity index (χ1n) is 6.76. The average Bonchev–Trinajstić information content (AvgIpc) is 2.44. The van der Waals surface area contributed by atoms with Crippen LogP contribution in [0.3, 0.4) is 0 Å². The van der Waals surface area contributed by atoms with E-state index in [1.54, 1.807) is 0 Å². The minimum Gasteiger partial charge on any atom is -0.478 e. The second kappa shape index (κ2) is 7.48. The molecule has 1 aromatic rings. The summed E-state index contributed by atoms with van der Waals surface area (Å²) in [5.41, 5.74) is 2.18. The van der Waals surface area contributed by atoms with Gasteiger partial charge in [-0.3, -0.25) is 4.79 Å². The molecule has 0 aliphatic heterocycles. The Balaban J connectivity index is 2.72. The van der Waals surface area contributed by atoms with E-state index in [0.29, 0.717) is 5.69 Å². The number of carboxylic acid groups (broad SMARTS) is 1. The zero-order chi connectivity index (χ0) is 15.1. The number of rotatable bonds is 6. The van der Waals surface area contributed by atoms with Gasteiger partial charge in [-0.25, -0.2) is 4.79 Å². The van der Waals surface area contributed by atoms with Crippen LogP contribution in [0.5, 0.6) is 0 Å². The summed E-state index contributed by atoms with van der Waals surface area (Å²) in [7, 11) is 0. The fourth-order valence-electron chi connectivity index (χ4n) is 1.69. The number of hydrogen-bond acceptors (Lipinski definition) is 2. The third-order valence-electron chi connectivity index (χ3n) is 3.25. The lowest BCUT2D eigenvalue weighted by atomic mass is 10.1. The molecule has 0 radical (unpaired) electrons. The average molecular weight is 275 g/mol. The fourth-order valence-corrected chi connectivity index (χ4v) is 1.69. The summed E-state index contributed by atoms with van der Waals surface area (Å²) >= 11 is 0. The van der Waals surface area contributed by atoms with E-state index >= 15 is 0 Å². The molecule has 0 heterocycles. The summed E-state index contributed by atoms with van der Waals surface area (Å²) in [6.07, 6.45) is 3.32. The Morgan fingerprint density at radius 2 is 1.70 bits per heavy atom. The maximum atomic E-state index is 11.9. The number of aryl methyl sites for hydroxylation is 1. The molecular weight excluding hydrogens is 254 g/mol. The van der Waals surface area contributed by atoms with Gasteiger partial charge in [0.1, 0.15) is 0 Å². The molecule has 0 aliphatic rings. The van der Waals surface area contributed by atoms with Crippen LogP contribution in [0.25, 0.3) is 0 Å². The Labute approximate surface area is 119 Å². The van der Waals surface area contributed by atoms with E-state index in [0.717, 1.165) is 19.3 Å². The minimum atomic E-state index is -1.08. The maximum Gasteiger partial charge on any atom is 0.331 e. The van der Waals surface area contributed by atoms with Gasteiger partial charge in [-0.2, -0.15) is 0 Å². The van der Waals surface area contributed by atoms with Gasteiger partial charge in [0.15, 0.2) is 0 Å². The van der Waals surface area contributed by atoms with Gasteiger partial charge in [-0.1, -0.05) is 25.5 Å². The van der Waals surface area contributed by atoms with Crippen LogP contribution in [0.1, 0.15) is 39.2 Å². The van der Waals surface area contributed by atoms with Crippen LogP contribution < -0.4 is 5.32 Å². The third kappa shape index (κ3) is 4.53. The Kier molecular flexibility index (Phi) is 5.97. The molecule has 1 amide bonds. The molecule has 4 nitrogen and oxygen atoms in total. The van der Waals surface area contributed by atoms with Crippen LogP contribution in [-0.4, -0.2) is 17.0 Å². The Morgan fingerprint density at radius 1 is 1.10 bits per heavy atom. The summed E-state index contributed by atoms with van der Waals surface area (Å²) in [5, 5.41) is 11.5. The second-order valence-electron chi connectivity index (χ2n) is 4.81. The molecular formula is C16H21NO3. The molecule has 1 rings (SSSR count). The second-order valence-corrected chi connectivity index (χ2v) is 4.81. The summed E-state index contributed by atoms with van der Waals surface area (Å²) in [5.74, 6) is -1.46. The minimum absolute atomic E-state index is 0.0575. The molecule has 0 fully saturated rings. The number of nitrogens with one attached hydrogen (secondary N) is 1. The summed E-state index contributed by atoms with van der Waals surface area (Å²) in [6, 6.07) is 7.64. The van der Waals surface area contributed by atoms with Crippen LogP contribution >= 0.6 is 0 Å². The molecule has 4 heteroatoms. The van der Waals surface area contributed by atoms with Gasteiger partial charge in [0, 0.05) is 16.8 Å². The van der Waals surface area contributed by atoms with Crippen molar-refractivity contribution < 1.29 is 14.7 Å². The number of carbonyl (C=O) groups excluding carboxylic acids is 1. The molecule has 20 heavy (non-hydrogen) atoms. The van der Waals surface area contributed by atoms with Crippen molar-refractivity contribution in [1.82, 2.24) is 0 Å². The van der Waals surface area contributed by atoms with E-state index in [1.165, 1.54) is 19.4 Å². The lowest BCUT2D eigenvalue weighted by molar-refractivity contribution is -0.133. The van der Waals surface area contributed by atoms with Gasteiger partial charge >= 0.3 is 5.97 Å². The highest BCUT2D eigenvalue weighted by atomic mass is 16.4. The SMILES string of the molecule is CCCCc1ccc(NC(=O)/C(C)=C(/C)C(=O)O)cc1. The standard InChI is InChI=1S/C16H21NO3/c1-4-5-6-13-7-9-14(10-8-13)17-15(18)11(2)12(3)16(19)20/h7-10H,4-6H2,1-3H3,(H,17,18)(H,19,20)/b12-11-. The van der Waals surface area contributed by atoms with Crippen molar-refractivity contribution in [2.45, 2.75) is 40.0 Å². The number of unbranched alkanes of at least 4 members (excludes halogenated alkanes) is 1. The van der Waals surface area contributed by atoms with Crippen molar-refractivity contribution in [2.75, 3.05) is 5.32 Å². The van der Waals surface area contributed by atoms with Crippen molar-refractivity contribution in [3.05, 3.63) is 41.0 Å². The molecule has 0 spiro atoms. The van der Waals surface area contributed by atoms with Gasteiger partial charge in [0.05, 0.1) is 0 Å². The third-order valence-corrected chi connectivity index (χ3v) is 3.25. The van der Waals surface area contributed by atoms with Gasteiger partial charge < -0.3 is 10.4 Å². The highest BCUT2D eigenvalue weighted by molar-refractivity contribution is 6.08. The molecule has 0 bridgehead atoms. The fraction of sp³-hybridized carbons (Fsp3) is 0.375.